The van der Waals surface area contributed by atoms with Crippen LogP contribution in [-0.2, 0) is 29.0 Å². The standard InChI is InChI=1S/C36H44N2O3/c1-35(2)27-40-36(3,4)38(35)34(39)41-33-24-23-32(31(33)22-14-21-28-15-8-5-9-16-28)37(25-29-17-10-6-11-18-29)26-30-19-12-7-13-20-30/h5-20,22,31-33H,21,23-27H2,1-4H3/b22-14+/t31-,32+,33-/m1/s1. The predicted molar refractivity (Wildman–Crippen MR) is 164 cm³/mol. The zero-order valence-electron chi connectivity index (χ0n) is 24.9. The van der Waals surface area contributed by atoms with Crippen molar-refractivity contribution in [2.45, 2.75) is 83.5 Å². The molecule has 216 valence electrons. The summed E-state index contributed by atoms with van der Waals surface area (Å²) in [6.07, 6.45) is 6.70. The Morgan fingerprint density at radius 1 is 0.854 bits per heavy atom. The van der Waals surface area contributed by atoms with Crippen molar-refractivity contribution >= 4 is 6.09 Å². The average molecular weight is 553 g/mol. The van der Waals surface area contributed by atoms with Crippen molar-refractivity contribution in [2.24, 2.45) is 5.92 Å². The number of rotatable bonds is 9. The van der Waals surface area contributed by atoms with Gasteiger partial charge in [0.2, 0.25) is 0 Å². The van der Waals surface area contributed by atoms with Crippen LogP contribution in [-0.4, -0.2) is 45.9 Å². The van der Waals surface area contributed by atoms with Gasteiger partial charge in [0.15, 0.2) is 0 Å². The second-order valence-corrected chi connectivity index (χ2v) is 12.5. The fourth-order valence-corrected chi connectivity index (χ4v) is 6.55. The molecule has 1 amide bonds. The minimum atomic E-state index is -0.704. The van der Waals surface area contributed by atoms with E-state index in [1.54, 1.807) is 4.90 Å². The van der Waals surface area contributed by atoms with Gasteiger partial charge in [0.25, 0.3) is 0 Å². The lowest BCUT2D eigenvalue weighted by atomic mass is 9.97. The third-order valence-corrected chi connectivity index (χ3v) is 8.46. The molecular formula is C36H44N2O3. The normalized spacial score (nSPS) is 23.3. The molecule has 1 aliphatic heterocycles. The molecule has 3 aromatic rings. The number of nitrogens with zero attached hydrogens (tertiary/aromatic N) is 2. The third-order valence-electron chi connectivity index (χ3n) is 8.46. The Balaban J connectivity index is 1.42. The van der Waals surface area contributed by atoms with E-state index in [9.17, 15) is 4.79 Å². The molecule has 1 heterocycles. The Kier molecular flexibility index (Phi) is 8.96. The summed E-state index contributed by atoms with van der Waals surface area (Å²) in [6, 6.07) is 32.1. The van der Waals surface area contributed by atoms with Gasteiger partial charge in [-0.2, -0.15) is 0 Å². The number of amides is 1. The Bertz CT molecular complexity index is 1230. The van der Waals surface area contributed by atoms with Crippen LogP contribution in [0.3, 0.4) is 0 Å². The van der Waals surface area contributed by atoms with Gasteiger partial charge in [-0.1, -0.05) is 103 Å². The maximum atomic E-state index is 13.7. The molecule has 0 N–H and O–H groups in total. The molecule has 0 bridgehead atoms. The molecule has 0 unspecified atom stereocenters. The van der Waals surface area contributed by atoms with E-state index in [4.69, 9.17) is 9.47 Å². The van der Waals surface area contributed by atoms with Gasteiger partial charge in [-0.3, -0.25) is 9.80 Å². The minimum Gasteiger partial charge on any atom is -0.445 e. The second kappa shape index (κ2) is 12.6. The molecule has 3 aromatic carbocycles. The lowest BCUT2D eigenvalue weighted by Crippen LogP contribution is -2.53. The Labute approximate surface area is 245 Å². The Morgan fingerprint density at radius 3 is 1.90 bits per heavy atom. The lowest BCUT2D eigenvalue weighted by Gasteiger charge is -2.38. The zero-order valence-corrected chi connectivity index (χ0v) is 24.9. The summed E-state index contributed by atoms with van der Waals surface area (Å²) >= 11 is 0. The van der Waals surface area contributed by atoms with Crippen LogP contribution < -0.4 is 0 Å². The summed E-state index contributed by atoms with van der Waals surface area (Å²) in [5, 5.41) is 0. The monoisotopic (exact) mass is 552 g/mol. The minimum absolute atomic E-state index is 0.0739. The summed E-state index contributed by atoms with van der Waals surface area (Å²) in [5.41, 5.74) is 2.71. The van der Waals surface area contributed by atoms with E-state index >= 15 is 0 Å². The average Bonchev–Trinajstić information content (AvgIpc) is 3.45. The summed E-state index contributed by atoms with van der Waals surface area (Å²) in [6.45, 7) is 10.1. The van der Waals surface area contributed by atoms with Crippen LogP contribution in [0.2, 0.25) is 0 Å². The quantitative estimate of drug-likeness (QED) is 0.256. The summed E-state index contributed by atoms with van der Waals surface area (Å²) in [4.78, 5) is 18.1. The highest BCUT2D eigenvalue weighted by atomic mass is 16.6. The van der Waals surface area contributed by atoms with Gasteiger partial charge < -0.3 is 9.47 Å². The maximum Gasteiger partial charge on any atom is 0.412 e. The Morgan fingerprint density at radius 2 is 1.39 bits per heavy atom. The number of hydrogen-bond acceptors (Lipinski definition) is 4. The number of benzene rings is 3. The zero-order chi connectivity index (χ0) is 28.9. The van der Waals surface area contributed by atoms with E-state index < -0.39 is 11.3 Å². The number of carbonyl (C=O) groups is 1. The molecule has 5 heteroatoms. The number of allylic oxidation sites excluding steroid dienone is 1. The fraction of sp³-hybridized carbons (Fsp3) is 0.417. The van der Waals surface area contributed by atoms with Crippen LogP contribution in [0.15, 0.2) is 103 Å². The summed E-state index contributed by atoms with van der Waals surface area (Å²) < 4.78 is 12.4. The van der Waals surface area contributed by atoms with Gasteiger partial charge in [-0.05, 0) is 63.6 Å². The van der Waals surface area contributed by atoms with Crippen molar-refractivity contribution in [1.29, 1.82) is 0 Å². The van der Waals surface area contributed by atoms with Crippen molar-refractivity contribution in [3.63, 3.8) is 0 Å². The fourth-order valence-electron chi connectivity index (χ4n) is 6.55. The molecule has 5 nitrogen and oxygen atoms in total. The molecule has 0 spiro atoms. The van der Waals surface area contributed by atoms with Crippen LogP contribution in [0.4, 0.5) is 4.79 Å². The maximum absolute atomic E-state index is 13.7. The highest BCUT2D eigenvalue weighted by molar-refractivity contribution is 5.70. The first-order valence-electron chi connectivity index (χ1n) is 14.9. The van der Waals surface area contributed by atoms with Gasteiger partial charge in [0, 0.05) is 25.0 Å². The van der Waals surface area contributed by atoms with Crippen molar-refractivity contribution in [1.82, 2.24) is 9.80 Å². The van der Waals surface area contributed by atoms with Gasteiger partial charge in [0.1, 0.15) is 11.8 Å². The van der Waals surface area contributed by atoms with Crippen molar-refractivity contribution < 1.29 is 14.3 Å². The van der Waals surface area contributed by atoms with Gasteiger partial charge in [0.05, 0.1) is 12.1 Å². The molecule has 1 saturated heterocycles. The second-order valence-electron chi connectivity index (χ2n) is 12.5. The molecule has 5 rings (SSSR count). The van der Waals surface area contributed by atoms with Crippen LogP contribution in [0.25, 0.3) is 0 Å². The first-order valence-corrected chi connectivity index (χ1v) is 14.9. The molecule has 41 heavy (non-hydrogen) atoms. The molecular weight excluding hydrogens is 508 g/mol. The number of ether oxygens (including phenoxy) is 2. The van der Waals surface area contributed by atoms with E-state index in [-0.39, 0.29) is 24.2 Å². The van der Waals surface area contributed by atoms with Crippen LogP contribution >= 0.6 is 0 Å². The Hall–Kier alpha value is -3.41. The van der Waals surface area contributed by atoms with E-state index in [2.05, 4.69) is 102 Å². The van der Waals surface area contributed by atoms with Crippen LogP contribution in [0.5, 0.6) is 0 Å². The highest BCUT2D eigenvalue weighted by Gasteiger charge is 2.51. The molecule has 3 atom stereocenters. The summed E-state index contributed by atoms with van der Waals surface area (Å²) in [7, 11) is 0. The van der Waals surface area contributed by atoms with Crippen molar-refractivity contribution in [2.75, 3.05) is 6.61 Å². The topological polar surface area (TPSA) is 42.0 Å². The number of hydrogen-bond donors (Lipinski definition) is 0. The number of carbonyl (C=O) groups excluding carboxylic acids is 1. The molecule has 2 aliphatic rings. The van der Waals surface area contributed by atoms with Crippen LogP contribution in [0, 0.1) is 5.92 Å². The van der Waals surface area contributed by atoms with Gasteiger partial charge >= 0.3 is 6.09 Å². The van der Waals surface area contributed by atoms with Gasteiger partial charge in [-0.25, -0.2) is 4.79 Å². The third kappa shape index (κ3) is 7.09. The molecule has 1 saturated carbocycles. The van der Waals surface area contributed by atoms with Gasteiger partial charge in [-0.15, -0.1) is 0 Å². The smallest absolute Gasteiger partial charge is 0.412 e. The highest BCUT2D eigenvalue weighted by Crippen LogP contribution is 2.39. The van der Waals surface area contributed by atoms with E-state index in [0.717, 1.165) is 32.4 Å². The molecule has 0 aromatic heterocycles. The van der Waals surface area contributed by atoms with E-state index in [1.807, 2.05) is 33.8 Å². The first kappa shape index (κ1) is 29.1. The van der Waals surface area contributed by atoms with Crippen molar-refractivity contribution in [3.8, 4) is 0 Å². The molecule has 1 aliphatic carbocycles. The largest absolute Gasteiger partial charge is 0.445 e. The molecule has 2 fully saturated rings. The van der Waals surface area contributed by atoms with Crippen molar-refractivity contribution in [3.05, 3.63) is 120 Å². The molecule has 0 radical (unpaired) electrons. The van der Waals surface area contributed by atoms with E-state index in [0.29, 0.717) is 6.61 Å². The SMILES string of the molecule is CC1(C)COC(C)(C)N1C(=O)O[C@@H]1CC[C@H](N(Cc2ccccc2)Cc2ccccc2)[C@H]1/C=C/Cc1ccccc1. The predicted octanol–water partition coefficient (Wildman–Crippen LogP) is 7.62. The summed E-state index contributed by atoms with van der Waals surface area (Å²) in [5.74, 6) is 0.0739. The lowest BCUT2D eigenvalue weighted by molar-refractivity contribution is -0.0609. The van der Waals surface area contributed by atoms with E-state index in [1.165, 1.54) is 16.7 Å². The van der Waals surface area contributed by atoms with Crippen LogP contribution in [0.1, 0.15) is 57.2 Å². The first-order chi connectivity index (χ1) is 19.7.